The lowest BCUT2D eigenvalue weighted by Crippen LogP contribution is -2.26. The topological polar surface area (TPSA) is 62.3 Å². The van der Waals surface area contributed by atoms with Crippen molar-refractivity contribution in [3.63, 3.8) is 0 Å². The Bertz CT molecular complexity index is 390. The average Bonchev–Trinajstić information content (AvgIpc) is 2.28. The highest BCUT2D eigenvalue weighted by Gasteiger charge is 2.09. The second-order valence-electron chi connectivity index (χ2n) is 4.05. The van der Waals surface area contributed by atoms with Crippen LogP contribution >= 0.6 is 0 Å². The lowest BCUT2D eigenvalue weighted by molar-refractivity contribution is 0.154. The molecule has 4 nitrogen and oxygen atoms in total. The van der Waals surface area contributed by atoms with E-state index in [1.165, 1.54) is 0 Å². The first-order valence-corrected chi connectivity index (χ1v) is 5.80. The molecule has 0 aromatic heterocycles. The van der Waals surface area contributed by atoms with Crippen molar-refractivity contribution in [2.45, 2.75) is 13.8 Å². The molecule has 0 saturated carbocycles. The van der Waals surface area contributed by atoms with Gasteiger partial charge in [0.2, 0.25) is 0 Å². The fourth-order valence-corrected chi connectivity index (χ4v) is 1.65. The highest BCUT2D eigenvalue weighted by molar-refractivity contribution is 6.00. The molecule has 1 rings (SSSR count). The molecular formula is C13H21N3O. The van der Waals surface area contributed by atoms with Gasteiger partial charge in [-0.1, -0.05) is 6.07 Å². The van der Waals surface area contributed by atoms with E-state index in [1.54, 1.807) is 0 Å². The Kier molecular flexibility index (Phi) is 4.97. The van der Waals surface area contributed by atoms with Crippen LogP contribution in [-0.2, 0) is 4.74 Å². The van der Waals surface area contributed by atoms with E-state index in [2.05, 4.69) is 4.90 Å². The van der Waals surface area contributed by atoms with Gasteiger partial charge in [0.15, 0.2) is 0 Å². The van der Waals surface area contributed by atoms with E-state index in [4.69, 9.17) is 15.9 Å². The Labute approximate surface area is 103 Å². The van der Waals surface area contributed by atoms with Crippen LogP contribution in [0.15, 0.2) is 18.2 Å². The summed E-state index contributed by atoms with van der Waals surface area (Å²) in [6, 6.07) is 5.91. The zero-order chi connectivity index (χ0) is 12.8. The van der Waals surface area contributed by atoms with Gasteiger partial charge in [-0.25, -0.2) is 0 Å². The average molecular weight is 235 g/mol. The van der Waals surface area contributed by atoms with E-state index in [1.807, 2.05) is 39.1 Å². The highest BCUT2D eigenvalue weighted by atomic mass is 16.5. The van der Waals surface area contributed by atoms with E-state index >= 15 is 0 Å². The van der Waals surface area contributed by atoms with E-state index in [9.17, 15) is 0 Å². The van der Waals surface area contributed by atoms with Crippen LogP contribution in [0.5, 0.6) is 0 Å². The fourth-order valence-electron chi connectivity index (χ4n) is 1.65. The maximum atomic E-state index is 7.57. The van der Waals surface area contributed by atoms with Gasteiger partial charge in [-0.05, 0) is 31.5 Å². The molecule has 0 spiro atoms. The molecule has 1 aromatic rings. The zero-order valence-corrected chi connectivity index (χ0v) is 10.8. The highest BCUT2D eigenvalue weighted by Crippen LogP contribution is 2.20. The van der Waals surface area contributed by atoms with Gasteiger partial charge in [0.25, 0.3) is 0 Å². The number of ether oxygens (including phenoxy) is 1. The molecule has 4 heteroatoms. The summed E-state index contributed by atoms with van der Waals surface area (Å²) in [6.07, 6.45) is 0. The number of hydrogen-bond acceptors (Lipinski definition) is 3. The first-order valence-electron chi connectivity index (χ1n) is 5.80. The predicted octanol–water partition coefficient (Wildman–Crippen LogP) is 1.75. The van der Waals surface area contributed by atoms with Crippen LogP contribution in [0.2, 0.25) is 0 Å². The van der Waals surface area contributed by atoms with Crippen LogP contribution in [0.25, 0.3) is 0 Å². The van der Waals surface area contributed by atoms with Gasteiger partial charge in [-0.2, -0.15) is 0 Å². The second-order valence-corrected chi connectivity index (χ2v) is 4.05. The number of nitrogen functional groups attached to an aromatic ring is 1. The van der Waals surface area contributed by atoms with E-state index in [0.717, 1.165) is 30.0 Å². The third-order valence-corrected chi connectivity index (χ3v) is 2.63. The summed E-state index contributed by atoms with van der Waals surface area (Å²) in [5.74, 6) is 0.100. The Morgan fingerprint density at radius 1 is 1.47 bits per heavy atom. The lowest BCUT2D eigenvalue weighted by Gasteiger charge is -2.22. The molecule has 0 aliphatic carbocycles. The number of nitrogens with zero attached hydrogens (tertiary/aromatic N) is 1. The summed E-state index contributed by atoms with van der Waals surface area (Å²) >= 11 is 0. The first kappa shape index (κ1) is 13.5. The fraction of sp³-hybridized carbons (Fsp3) is 0.462. The first-order chi connectivity index (χ1) is 8.06. The van der Waals surface area contributed by atoms with Gasteiger partial charge in [0.1, 0.15) is 5.84 Å². The third kappa shape index (κ3) is 3.75. The number of nitrogens with two attached hydrogens (primary N) is 1. The number of benzene rings is 1. The largest absolute Gasteiger partial charge is 0.384 e. The van der Waals surface area contributed by atoms with Gasteiger partial charge in [0, 0.05) is 31.5 Å². The minimum Gasteiger partial charge on any atom is -0.384 e. The third-order valence-electron chi connectivity index (χ3n) is 2.63. The van der Waals surface area contributed by atoms with E-state index in [0.29, 0.717) is 6.61 Å². The normalized spacial score (nSPS) is 10.3. The van der Waals surface area contributed by atoms with E-state index < -0.39 is 0 Å². The van der Waals surface area contributed by atoms with Crippen LogP contribution < -0.4 is 10.6 Å². The Balaban J connectivity index is 2.86. The monoisotopic (exact) mass is 235 g/mol. The molecule has 3 N–H and O–H groups in total. The van der Waals surface area contributed by atoms with E-state index in [-0.39, 0.29) is 5.84 Å². The molecule has 94 valence electrons. The minimum absolute atomic E-state index is 0.100. The molecule has 17 heavy (non-hydrogen) atoms. The number of aryl methyl sites for hydroxylation is 1. The molecular weight excluding hydrogens is 214 g/mol. The maximum Gasteiger partial charge on any atom is 0.124 e. The number of anilines is 1. The smallest absolute Gasteiger partial charge is 0.124 e. The molecule has 0 aliphatic heterocycles. The van der Waals surface area contributed by atoms with Crippen LogP contribution in [0.1, 0.15) is 18.1 Å². The number of likely N-dealkylation sites (N-methyl/N-ethyl adjacent to an activating group) is 1. The van der Waals surface area contributed by atoms with Crippen molar-refractivity contribution in [2.75, 3.05) is 31.7 Å². The van der Waals surface area contributed by atoms with Gasteiger partial charge >= 0.3 is 0 Å². The predicted molar refractivity (Wildman–Crippen MR) is 72.0 cm³/mol. The molecule has 0 aliphatic rings. The molecule has 1 aromatic carbocycles. The van der Waals surface area contributed by atoms with Crippen LogP contribution in [0.4, 0.5) is 5.69 Å². The van der Waals surface area contributed by atoms with Gasteiger partial charge in [0.05, 0.1) is 6.61 Å². The van der Waals surface area contributed by atoms with Gasteiger partial charge in [-0.15, -0.1) is 0 Å². The lowest BCUT2D eigenvalue weighted by atomic mass is 10.1. The summed E-state index contributed by atoms with van der Waals surface area (Å²) in [7, 11) is 1.99. The zero-order valence-electron chi connectivity index (χ0n) is 10.8. The summed E-state index contributed by atoms with van der Waals surface area (Å²) in [5, 5.41) is 7.57. The minimum atomic E-state index is 0.100. The van der Waals surface area contributed by atoms with Gasteiger partial charge < -0.3 is 15.4 Å². The Morgan fingerprint density at radius 3 is 2.76 bits per heavy atom. The molecule has 0 fully saturated rings. The molecule has 0 unspecified atom stereocenters. The summed E-state index contributed by atoms with van der Waals surface area (Å²) in [6.45, 7) is 6.20. The molecule has 0 amide bonds. The summed E-state index contributed by atoms with van der Waals surface area (Å²) in [4.78, 5) is 2.07. The van der Waals surface area contributed by atoms with Crippen LogP contribution in [0.3, 0.4) is 0 Å². The van der Waals surface area contributed by atoms with Crippen molar-refractivity contribution in [1.82, 2.24) is 0 Å². The van der Waals surface area contributed by atoms with Gasteiger partial charge in [-0.3, -0.25) is 5.41 Å². The Hall–Kier alpha value is -1.55. The molecule has 0 saturated heterocycles. The molecule has 0 atom stereocenters. The van der Waals surface area contributed by atoms with Crippen LogP contribution in [0, 0.1) is 12.3 Å². The van der Waals surface area contributed by atoms with Crippen molar-refractivity contribution in [3.8, 4) is 0 Å². The molecule has 0 bridgehead atoms. The summed E-state index contributed by atoms with van der Waals surface area (Å²) < 4.78 is 5.33. The molecule has 0 heterocycles. The standard InChI is InChI=1S/C13H21N3O/c1-4-17-8-7-16(3)12-9-10(2)5-6-11(12)13(14)15/h5-6,9H,4,7-8H2,1-3H3,(H3,14,15). The second kappa shape index (κ2) is 6.25. The van der Waals surface area contributed by atoms with Crippen molar-refractivity contribution < 1.29 is 4.74 Å². The number of rotatable bonds is 6. The number of amidine groups is 1. The van der Waals surface area contributed by atoms with Crippen molar-refractivity contribution in [1.29, 1.82) is 5.41 Å². The number of nitrogens with one attached hydrogen (secondary N) is 1. The molecule has 0 radical (unpaired) electrons. The van der Waals surface area contributed by atoms with Crippen molar-refractivity contribution in [3.05, 3.63) is 29.3 Å². The van der Waals surface area contributed by atoms with Crippen LogP contribution in [-0.4, -0.2) is 32.6 Å². The van der Waals surface area contributed by atoms with Crippen molar-refractivity contribution >= 4 is 11.5 Å². The summed E-state index contributed by atoms with van der Waals surface area (Å²) in [5.41, 5.74) is 8.50. The number of hydrogen-bond donors (Lipinski definition) is 2. The quantitative estimate of drug-likeness (QED) is 0.448. The Morgan fingerprint density at radius 2 is 2.18 bits per heavy atom. The van der Waals surface area contributed by atoms with Crippen molar-refractivity contribution in [2.24, 2.45) is 5.73 Å². The SMILES string of the molecule is CCOCCN(C)c1cc(C)ccc1C(=N)N. The maximum absolute atomic E-state index is 7.57.